The molecule has 1 aliphatic rings. The minimum absolute atomic E-state index is 0.162. The summed E-state index contributed by atoms with van der Waals surface area (Å²) in [6.07, 6.45) is 0. The number of furan rings is 1. The lowest BCUT2D eigenvalue weighted by Gasteiger charge is -2.28. The Hall–Kier alpha value is -6.38. The summed E-state index contributed by atoms with van der Waals surface area (Å²) < 4.78 is 6.38. The molecule has 1 aromatic heterocycles. The van der Waals surface area contributed by atoms with Crippen LogP contribution in [0.3, 0.4) is 0 Å². The van der Waals surface area contributed by atoms with Gasteiger partial charge in [-0.3, -0.25) is 0 Å². The molecule has 0 bridgehead atoms. The molecule has 2 heteroatoms. The molecule has 0 N–H and O–H groups in total. The third-order valence-electron chi connectivity index (χ3n) is 10.9. The maximum absolute atomic E-state index is 6.38. The summed E-state index contributed by atoms with van der Waals surface area (Å²) in [6.45, 7) is 4.73. The Balaban J connectivity index is 1.04. The Morgan fingerprint density at radius 2 is 1.02 bits per heavy atom. The molecule has 0 saturated carbocycles. The van der Waals surface area contributed by atoms with Crippen molar-refractivity contribution in [1.29, 1.82) is 0 Å². The van der Waals surface area contributed by atoms with E-state index in [-0.39, 0.29) is 5.41 Å². The molecule has 8 aromatic carbocycles. The van der Waals surface area contributed by atoms with Crippen molar-refractivity contribution < 1.29 is 4.42 Å². The Labute approximate surface area is 297 Å². The summed E-state index contributed by atoms with van der Waals surface area (Å²) in [5, 5.41) is 4.82. The summed E-state index contributed by atoms with van der Waals surface area (Å²) in [4.78, 5) is 2.37. The van der Waals surface area contributed by atoms with Crippen molar-refractivity contribution in [3.05, 3.63) is 187 Å². The fourth-order valence-electron chi connectivity index (χ4n) is 8.20. The van der Waals surface area contributed by atoms with Gasteiger partial charge < -0.3 is 9.32 Å². The Morgan fingerprint density at radius 1 is 0.412 bits per heavy atom. The highest BCUT2D eigenvalue weighted by Gasteiger charge is 2.36. The maximum Gasteiger partial charge on any atom is 0.143 e. The van der Waals surface area contributed by atoms with Crippen molar-refractivity contribution in [3.63, 3.8) is 0 Å². The fraction of sp³-hybridized carbons (Fsp3) is 0.0612. The Kier molecular flexibility index (Phi) is 6.56. The van der Waals surface area contributed by atoms with E-state index in [1.165, 1.54) is 44.2 Å². The Morgan fingerprint density at radius 3 is 1.86 bits per heavy atom. The quantitative estimate of drug-likeness (QED) is 0.184. The second-order valence-corrected chi connectivity index (χ2v) is 14.2. The molecule has 2 nitrogen and oxygen atoms in total. The number of hydrogen-bond acceptors (Lipinski definition) is 2. The molecule has 0 saturated heterocycles. The summed E-state index contributed by atoms with van der Waals surface area (Å²) in [6, 6.07) is 63.6. The van der Waals surface area contributed by atoms with Gasteiger partial charge in [0.2, 0.25) is 0 Å². The van der Waals surface area contributed by atoms with Crippen molar-refractivity contribution in [2.75, 3.05) is 4.90 Å². The lowest BCUT2D eigenvalue weighted by Crippen LogP contribution is -2.16. The van der Waals surface area contributed by atoms with E-state index in [0.717, 1.165) is 50.1 Å². The monoisotopic (exact) mass is 653 g/mol. The number of benzene rings is 8. The maximum atomic E-state index is 6.38. The average Bonchev–Trinajstić information content (AvgIpc) is 3.67. The van der Waals surface area contributed by atoms with Crippen LogP contribution in [0.25, 0.3) is 66.1 Å². The molecule has 51 heavy (non-hydrogen) atoms. The predicted octanol–water partition coefficient (Wildman–Crippen LogP) is 13.8. The first-order valence-electron chi connectivity index (χ1n) is 17.7. The van der Waals surface area contributed by atoms with Gasteiger partial charge in [-0.2, -0.15) is 0 Å². The van der Waals surface area contributed by atoms with Gasteiger partial charge in [-0.25, -0.2) is 0 Å². The van der Waals surface area contributed by atoms with Crippen LogP contribution in [0.1, 0.15) is 25.0 Å². The van der Waals surface area contributed by atoms with Crippen LogP contribution < -0.4 is 4.90 Å². The zero-order valence-electron chi connectivity index (χ0n) is 28.6. The van der Waals surface area contributed by atoms with Crippen LogP contribution in [0, 0.1) is 0 Å². The van der Waals surface area contributed by atoms with Crippen LogP contribution in [-0.2, 0) is 5.41 Å². The number of rotatable bonds is 5. The van der Waals surface area contributed by atoms with Gasteiger partial charge >= 0.3 is 0 Å². The van der Waals surface area contributed by atoms with E-state index in [1.807, 2.05) is 12.1 Å². The van der Waals surface area contributed by atoms with Crippen molar-refractivity contribution >= 4 is 49.8 Å². The van der Waals surface area contributed by atoms with E-state index in [1.54, 1.807) is 0 Å². The zero-order valence-corrected chi connectivity index (χ0v) is 28.6. The molecule has 0 aliphatic heterocycles. The normalized spacial score (nSPS) is 13.1. The van der Waals surface area contributed by atoms with E-state index in [9.17, 15) is 0 Å². The highest BCUT2D eigenvalue weighted by molar-refractivity contribution is 6.09. The third-order valence-corrected chi connectivity index (χ3v) is 10.9. The number of nitrogens with zero attached hydrogens (tertiary/aromatic N) is 1. The number of para-hydroxylation sites is 3. The van der Waals surface area contributed by atoms with Crippen LogP contribution >= 0.6 is 0 Å². The smallest absolute Gasteiger partial charge is 0.143 e. The molecule has 0 unspecified atom stereocenters. The topological polar surface area (TPSA) is 16.4 Å². The van der Waals surface area contributed by atoms with Crippen LogP contribution in [0.2, 0.25) is 0 Å². The van der Waals surface area contributed by atoms with E-state index < -0.39 is 0 Å². The fourth-order valence-corrected chi connectivity index (χ4v) is 8.20. The first-order chi connectivity index (χ1) is 25.0. The highest BCUT2D eigenvalue weighted by Crippen LogP contribution is 2.51. The molecule has 0 atom stereocenters. The van der Waals surface area contributed by atoms with Crippen molar-refractivity contribution in [3.8, 4) is 33.4 Å². The van der Waals surface area contributed by atoms with Crippen molar-refractivity contribution in [1.82, 2.24) is 0 Å². The summed E-state index contributed by atoms with van der Waals surface area (Å²) in [5.41, 5.74) is 15.1. The highest BCUT2D eigenvalue weighted by atomic mass is 16.3. The second-order valence-electron chi connectivity index (χ2n) is 14.2. The molecule has 0 spiro atoms. The largest absolute Gasteiger partial charge is 0.455 e. The number of hydrogen-bond donors (Lipinski definition) is 0. The minimum Gasteiger partial charge on any atom is -0.455 e. The molecular weight excluding hydrogens is 619 g/mol. The predicted molar refractivity (Wildman–Crippen MR) is 214 cm³/mol. The first-order valence-corrected chi connectivity index (χ1v) is 17.7. The van der Waals surface area contributed by atoms with Gasteiger partial charge in [0, 0.05) is 38.8 Å². The molecule has 0 fully saturated rings. The standard InChI is InChI=1S/C49H35NO/c1-49(2)45-30-36(35-20-19-32-11-6-7-12-34(32)29-35)23-27-41(45)42-28-26-39(31-46(42)49)50(37-13-4-3-5-14-37)38-24-21-33(22-25-38)40-16-10-17-44-43-15-8-9-18-47(43)51-48(40)44/h3-31H,1-2H3. The van der Waals surface area contributed by atoms with Crippen LogP contribution in [0.4, 0.5) is 17.1 Å². The van der Waals surface area contributed by atoms with E-state index in [0.29, 0.717) is 0 Å². The van der Waals surface area contributed by atoms with E-state index >= 15 is 0 Å². The molecule has 9 aromatic rings. The van der Waals surface area contributed by atoms with Gasteiger partial charge in [0.15, 0.2) is 0 Å². The summed E-state index contributed by atoms with van der Waals surface area (Å²) >= 11 is 0. The van der Waals surface area contributed by atoms with Crippen molar-refractivity contribution in [2.45, 2.75) is 19.3 Å². The van der Waals surface area contributed by atoms with Gasteiger partial charge in [-0.05, 0) is 104 Å². The molecular formula is C49H35NO. The second kappa shape index (κ2) is 11.3. The van der Waals surface area contributed by atoms with Crippen molar-refractivity contribution in [2.24, 2.45) is 0 Å². The molecule has 1 heterocycles. The molecule has 0 amide bonds. The molecule has 10 rings (SSSR count). The lowest BCUT2D eigenvalue weighted by molar-refractivity contribution is 0.660. The summed E-state index contributed by atoms with van der Waals surface area (Å²) in [7, 11) is 0. The first kappa shape index (κ1) is 29.5. The molecule has 0 radical (unpaired) electrons. The van der Waals surface area contributed by atoms with Gasteiger partial charge in [0.25, 0.3) is 0 Å². The molecule has 1 aliphatic carbocycles. The molecule has 242 valence electrons. The van der Waals surface area contributed by atoms with Gasteiger partial charge in [-0.15, -0.1) is 0 Å². The third kappa shape index (κ3) is 4.71. The SMILES string of the molecule is CC1(C)c2cc(-c3ccc4ccccc4c3)ccc2-c2ccc(N(c3ccccc3)c3ccc(-c4cccc5c4oc4ccccc45)cc3)cc21. The van der Waals surface area contributed by atoms with E-state index in [2.05, 4.69) is 183 Å². The van der Waals surface area contributed by atoms with Crippen LogP contribution in [0.5, 0.6) is 0 Å². The van der Waals surface area contributed by atoms with Crippen LogP contribution in [0.15, 0.2) is 180 Å². The van der Waals surface area contributed by atoms with Gasteiger partial charge in [-0.1, -0.05) is 135 Å². The number of fused-ring (bicyclic) bond motifs is 7. The zero-order chi connectivity index (χ0) is 34.1. The Bertz CT molecular complexity index is 2770. The van der Waals surface area contributed by atoms with Gasteiger partial charge in [0.1, 0.15) is 11.2 Å². The van der Waals surface area contributed by atoms with Crippen LogP contribution in [-0.4, -0.2) is 0 Å². The van der Waals surface area contributed by atoms with Gasteiger partial charge in [0.05, 0.1) is 0 Å². The summed E-state index contributed by atoms with van der Waals surface area (Å²) in [5.74, 6) is 0. The van der Waals surface area contributed by atoms with E-state index in [4.69, 9.17) is 4.42 Å². The lowest BCUT2D eigenvalue weighted by atomic mass is 9.81. The number of anilines is 3. The average molecular weight is 654 g/mol. The minimum atomic E-state index is -0.162.